The van der Waals surface area contributed by atoms with Gasteiger partial charge in [-0.3, -0.25) is 4.99 Å². The monoisotopic (exact) mass is 526 g/mol. The predicted octanol–water partition coefficient (Wildman–Crippen LogP) is 4.90. The highest BCUT2D eigenvalue weighted by Crippen LogP contribution is 2.46. The van der Waals surface area contributed by atoms with Crippen LogP contribution in [0.2, 0.25) is 5.15 Å². The van der Waals surface area contributed by atoms with E-state index >= 15 is 0 Å². The average Bonchev–Trinajstić information content (AvgIpc) is 3.16. The van der Waals surface area contributed by atoms with Crippen molar-refractivity contribution in [2.75, 3.05) is 13.6 Å². The molecule has 0 bridgehead atoms. The maximum atomic E-state index is 6.46. The molecule has 1 spiro atoms. The van der Waals surface area contributed by atoms with Crippen molar-refractivity contribution in [3.63, 3.8) is 0 Å². The fourth-order valence-corrected chi connectivity index (χ4v) is 4.42. The molecule has 0 saturated heterocycles. The van der Waals surface area contributed by atoms with E-state index in [9.17, 15) is 0 Å². The normalized spacial score (nSPS) is 19.8. The third-order valence-electron chi connectivity index (χ3n) is 5.74. The Kier molecular flexibility index (Phi) is 7.62. The molecule has 0 amide bonds. The molecule has 1 fully saturated rings. The second kappa shape index (κ2) is 9.98. The van der Waals surface area contributed by atoms with Crippen LogP contribution >= 0.6 is 35.6 Å². The number of halogens is 2. The Morgan fingerprint density at radius 1 is 1.24 bits per heavy atom. The van der Waals surface area contributed by atoms with Gasteiger partial charge in [0.05, 0.1) is 6.04 Å². The van der Waals surface area contributed by atoms with Gasteiger partial charge < -0.3 is 15.4 Å². The fourth-order valence-electron chi connectivity index (χ4n) is 4.31. The highest BCUT2D eigenvalue weighted by Gasteiger charge is 2.43. The number of nitrogens with one attached hydrogen (secondary N) is 2. The fraction of sp³-hybridized carbons (Fsp3) is 0.455. The van der Waals surface area contributed by atoms with E-state index in [1.54, 1.807) is 0 Å². The number of hydrogen-bond acceptors (Lipinski definition) is 3. The van der Waals surface area contributed by atoms with Crippen LogP contribution in [0.1, 0.15) is 49.3 Å². The van der Waals surface area contributed by atoms with Crippen LogP contribution in [0.15, 0.2) is 47.6 Å². The second-order valence-electron chi connectivity index (χ2n) is 7.67. The summed E-state index contributed by atoms with van der Waals surface area (Å²) >= 11 is 5.85. The van der Waals surface area contributed by atoms with Crippen LogP contribution in [0.4, 0.5) is 0 Å². The quantitative estimate of drug-likeness (QED) is 0.258. The van der Waals surface area contributed by atoms with E-state index in [1.807, 2.05) is 25.4 Å². The van der Waals surface area contributed by atoms with Gasteiger partial charge in [0.25, 0.3) is 0 Å². The SMILES string of the molecule is CN=C(NCCc1ccc(Cl)nc1)NC1CC2(CCCC2)Oc2ccccc21.I. The van der Waals surface area contributed by atoms with Crippen molar-refractivity contribution in [1.29, 1.82) is 0 Å². The summed E-state index contributed by atoms with van der Waals surface area (Å²) in [5.74, 6) is 1.83. The third-order valence-corrected chi connectivity index (χ3v) is 5.96. The van der Waals surface area contributed by atoms with Gasteiger partial charge in [0.1, 0.15) is 16.5 Å². The molecule has 2 aromatic rings. The summed E-state index contributed by atoms with van der Waals surface area (Å²) in [6.45, 7) is 0.777. The minimum Gasteiger partial charge on any atom is -0.487 e. The number of nitrogens with zero attached hydrogens (tertiary/aromatic N) is 2. The number of hydrogen-bond donors (Lipinski definition) is 2. The molecule has 1 aliphatic heterocycles. The van der Waals surface area contributed by atoms with Gasteiger partial charge in [0, 0.05) is 31.8 Å². The number of para-hydroxylation sites is 1. The van der Waals surface area contributed by atoms with E-state index in [2.05, 4.69) is 44.9 Å². The highest BCUT2D eigenvalue weighted by molar-refractivity contribution is 14.0. The number of fused-ring (bicyclic) bond motifs is 1. The first-order chi connectivity index (χ1) is 13.7. The van der Waals surface area contributed by atoms with Gasteiger partial charge in [-0.2, -0.15) is 0 Å². The van der Waals surface area contributed by atoms with Crippen molar-refractivity contribution < 1.29 is 4.74 Å². The molecular formula is C22H28ClIN4O. The van der Waals surface area contributed by atoms with Gasteiger partial charge in [-0.25, -0.2) is 4.98 Å². The van der Waals surface area contributed by atoms with E-state index in [-0.39, 0.29) is 35.6 Å². The molecule has 2 aliphatic rings. The Labute approximate surface area is 194 Å². The topological polar surface area (TPSA) is 58.5 Å². The van der Waals surface area contributed by atoms with Gasteiger partial charge in [0.2, 0.25) is 0 Å². The molecule has 4 rings (SSSR count). The van der Waals surface area contributed by atoms with Crippen molar-refractivity contribution in [2.45, 2.75) is 50.2 Å². The molecule has 1 unspecified atom stereocenters. The molecule has 7 heteroatoms. The summed E-state index contributed by atoms with van der Waals surface area (Å²) < 4.78 is 6.46. The molecule has 0 radical (unpaired) electrons. The Hall–Kier alpha value is -1.54. The minimum absolute atomic E-state index is 0. The number of ether oxygens (including phenoxy) is 1. The first kappa shape index (κ1) is 22.2. The largest absolute Gasteiger partial charge is 0.487 e. The summed E-state index contributed by atoms with van der Waals surface area (Å²) in [6.07, 6.45) is 8.42. The summed E-state index contributed by atoms with van der Waals surface area (Å²) in [6, 6.07) is 12.4. The van der Waals surface area contributed by atoms with Crippen molar-refractivity contribution in [2.24, 2.45) is 4.99 Å². The third kappa shape index (κ3) is 5.34. The first-order valence-electron chi connectivity index (χ1n) is 10.0. The van der Waals surface area contributed by atoms with Crippen LogP contribution in [0, 0.1) is 0 Å². The van der Waals surface area contributed by atoms with Gasteiger partial charge in [-0.05, 0) is 49.8 Å². The molecular weight excluding hydrogens is 499 g/mol. The standard InChI is InChI=1S/C22H27ClN4O.HI/c1-24-21(25-13-10-16-8-9-20(23)26-15-16)27-18-14-22(11-4-5-12-22)28-19-7-3-2-6-17(18)19;/h2-3,6-9,15,18H,4-5,10-14H2,1H3,(H2,24,25,27);1H. The summed E-state index contributed by atoms with van der Waals surface area (Å²) in [5, 5.41) is 7.58. The van der Waals surface area contributed by atoms with Gasteiger partial charge >= 0.3 is 0 Å². The maximum absolute atomic E-state index is 6.46. The lowest BCUT2D eigenvalue weighted by Crippen LogP contribution is -2.47. The number of pyridine rings is 1. The Morgan fingerprint density at radius 2 is 2.03 bits per heavy atom. The molecule has 5 nitrogen and oxygen atoms in total. The van der Waals surface area contributed by atoms with Crippen LogP contribution in [0.25, 0.3) is 0 Å². The minimum atomic E-state index is -0.0279. The molecule has 1 aromatic heterocycles. The van der Waals surface area contributed by atoms with E-state index in [0.29, 0.717) is 5.15 Å². The molecule has 1 atom stereocenters. The molecule has 1 aliphatic carbocycles. The Morgan fingerprint density at radius 3 is 2.76 bits per heavy atom. The Balaban J connectivity index is 0.00000240. The van der Waals surface area contributed by atoms with Gasteiger partial charge in [-0.15, -0.1) is 24.0 Å². The van der Waals surface area contributed by atoms with Gasteiger partial charge in [0.15, 0.2) is 5.96 Å². The van der Waals surface area contributed by atoms with Crippen LogP contribution in [-0.2, 0) is 6.42 Å². The van der Waals surface area contributed by atoms with Gasteiger partial charge in [-0.1, -0.05) is 35.9 Å². The number of rotatable bonds is 4. The zero-order chi connectivity index (χ0) is 19.4. The molecule has 1 saturated carbocycles. The second-order valence-corrected chi connectivity index (χ2v) is 8.06. The van der Waals surface area contributed by atoms with Crippen LogP contribution < -0.4 is 15.4 Å². The van der Waals surface area contributed by atoms with Crippen LogP contribution in [0.5, 0.6) is 5.75 Å². The van der Waals surface area contributed by atoms with Crippen molar-refractivity contribution in [1.82, 2.24) is 15.6 Å². The lowest BCUT2D eigenvalue weighted by molar-refractivity contribution is 0.0396. The Bertz CT molecular complexity index is 837. The van der Waals surface area contributed by atoms with Crippen molar-refractivity contribution >= 4 is 41.5 Å². The smallest absolute Gasteiger partial charge is 0.191 e. The lowest BCUT2D eigenvalue weighted by atomic mass is 9.86. The lowest BCUT2D eigenvalue weighted by Gasteiger charge is -2.40. The number of guanidine groups is 1. The van der Waals surface area contributed by atoms with E-state index < -0.39 is 0 Å². The molecule has 156 valence electrons. The predicted molar refractivity (Wildman–Crippen MR) is 128 cm³/mol. The summed E-state index contributed by atoms with van der Waals surface area (Å²) in [4.78, 5) is 8.57. The number of aliphatic imine (C=N–C) groups is 1. The van der Waals surface area contributed by atoms with Crippen LogP contribution in [0.3, 0.4) is 0 Å². The van der Waals surface area contributed by atoms with Crippen LogP contribution in [-0.4, -0.2) is 30.1 Å². The molecule has 1 aromatic carbocycles. The van der Waals surface area contributed by atoms with E-state index in [0.717, 1.165) is 49.5 Å². The zero-order valence-electron chi connectivity index (χ0n) is 16.7. The maximum Gasteiger partial charge on any atom is 0.191 e. The first-order valence-corrected chi connectivity index (χ1v) is 10.4. The number of benzene rings is 1. The number of aromatic nitrogens is 1. The highest BCUT2D eigenvalue weighted by atomic mass is 127. The average molecular weight is 527 g/mol. The van der Waals surface area contributed by atoms with E-state index in [4.69, 9.17) is 16.3 Å². The molecule has 2 heterocycles. The summed E-state index contributed by atoms with van der Waals surface area (Å²) in [7, 11) is 1.82. The van der Waals surface area contributed by atoms with Crippen molar-refractivity contribution in [3.8, 4) is 5.75 Å². The summed E-state index contributed by atoms with van der Waals surface area (Å²) in [5.41, 5.74) is 2.33. The zero-order valence-corrected chi connectivity index (χ0v) is 19.7. The molecule has 29 heavy (non-hydrogen) atoms. The van der Waals surface area contributed by atoms with E-state index in [1.165, 1.54) is 18.4 Å². The van der Waals surface area contributed by atoms with Crippen molar-refractivity contribution in [3.05, 3.63) is 58.9 Å². The molecule has 2 N–H and O–H groups in total.